The summed E-state index contributed by atoms with van der Waals surface area (Å²) < 4.78 is 13.5. The summed E-state index contributed by atoms with van der Waals surface area (Å²) in [5, 5.41) is 4.05. The summed E-state index contributed by atoms with van der Waals surface area (Å²) in [6.07, 6.45) is 0. The highest BCUT2D eigenvalue weighted by atomic mass is 35.5. The molecule has 0 aliphatic heterocycles. The Bertz CT molecular complexity index is 604. The van der Waals surface area contributed by atoms with Crippen LogP contribution in [0.25, 0.3) is 21.6 Å². The maximum atomic E-state index is 13.5. The van der Waals surface area contributed by atoms with E-state index in [0.717, 1.165) is 11.1 Å². The van der Waals surface area contributed by atoms with E-state index in [2.05, 4.69) is 10.0 Å². The van der Waals surface area contributed by atoms with E-state index >= 15 is 0 Å². The quantitative estimate of drug-likeness (QED) is 0.426. The number of hydrogen-bond acceptors (Lipinski definition) is 1. The van der Waals surface area contributed by atoms with Gasteiger partial charge in [-0.05, 0) is 46.5 Å². The molecule has 3 nitrogen and oxygen atoms in total. The highest BCUT2D eigenvalue weighted by Gasteiger charge is 2.03. The third-order valence-corrected chi connectivity index (χ3v) is 2.70. The number of hydrogen-bond donors (Lipinski definition) is 0. The molecule has 0 amide bonds. The Morgan fingerprint density at radius 3 is 2.50 bits per heavy atom. The van der Waals surface area contributed by atoms with Crippen molar-refractivity contribution in [1.82, 2.24) is 0 Å². The van der Waals surface area contributed by atoms with Gasteiger partial charge in [-0.15, -0.1) is 0 Å². The first kappa shape index (κ1) is 12.4. The number of benzene rings is 2. The van der Waals surface area contributed by atoms with Gasteiger partial charge in [0, 0.05) is 9.93 Å². The second kappa shape index (κ2) is 5.54. The summed E-state index contributed by atoms with van der Waals surface area (Å²) in [7, 11) is 0. The average Bonchev–Trinajstić information content (AvgIpc) is 2.36. The first-order valence-electron chi connectivity index (χ1n) is 5.25. The molecule has 0 bridgehead atoms. The lowest BCUT2D eigenvalue weighted by Gasteiger charge is -2.05. The van der Waals surface area contributed by atoms with Crippen LogP contribution in [0, 0.1) is 5.82 Å². The van der Waals surface area contributed by atoms with Gasteiger partial charge >= 0.3 is 0 Å². The fourth-order valence-electron chi connectivity index (χ4n) is 1.66. The fourth-order valence-corrected chi connectivity index (χ4v) is 1.79. The maximum absolute atomic E-state index is 13.5. The van der Waals surface area contributed by atoms with E-state index in [9.17, 15) is 4.39 Å². The van der Waals surface area contributed by atoms with Gasteiger partial charge in [-0.2, -0.15) is 0 Å². The summed E-state index contributed by atoms with van der Waals surface area (Å²) in [5.41, 5.74) is 10.5. The van der Waals surface area contributed by atoms with Crippen LogP contribution in [0.5, 0.6) is 0 Å². The predicted octanol–water partition coefficient (Wildman–Crippen LogP) is 4.96. The zero-order chi connectivity index (χ0) is 13.0. The summed E-state index contributed by atoms with van der Waals surface area (Å²) >= 11 is 5.80. The Hall–Kier alpha value is -2.03. The Morgan fingerprint density at radius 2 is 1.83 bits per heavy atom. The molecule has 0 heterocycles. The zero-order valence-electron chi connectivity index (χ0n) is 9.35. The normalized spacial score (nSPS) is 9.89. The Kier molecular flexibility index (Phi) is 3.82. The summed E-state index contributed by atoms with van der Waals surface area (Å²) in [4.78, 5) is 2.66. The minimum atomic E-state index is -0.356. The molecule has 0 saturated heterocycles. The van der Waals surface area contributed by atoms with Gasteiger partial charge in [0.05, 0.1) is 6.54 Å². The van der Waals surface area contributed by atoms with Gasteiger partial charge in [-0.3, -0.25) is 0 Å². The van der Waals surface area contributed by atoms with Crippen LogP contribution < -0.4 is 0 Å². The molecule has 0 saturated carbocycles. The minimum absolute atomic E-state index is 0.134. The fraction of sp³-hybridized carbons (Fsp3) is 0.0769. The van der Waals surface area contributed by atoms with Crippen molar-refractivity contribution in [2.24, 2.45) is 5.11 Å². The van der Waals surface area contributed by atoms with E-state index in [1.165, 1.54) is 12.1 Å². The maximum Gasteiger partial charge on any atom is 0.124 e. The molecule has 18 heavy (non-hydrogen) atoms. The van der Waals surface area contributed by atoms with E-state index in [1.807, 2.05) is 12.1 Å². The molecule has 0 fully saturated rings. The molecular weight excluding hydrogens is 253 g/mol. The highest BCUT2D eigenvalue weighted by Crippen LogP contribution is 2.24. The summed E-state index contributed by atoms with van der Waals surface area (Å²) in [6.45, 7) is 0.134. The van der Waals surface area contributed by atoms with Crippen molar-refractivity contribution in [3.8, 4) is 11.1 Å². The Balaban J connectivity index is 2.41. The first-order valence-corrected chi connectivity index (χ1v) is 5.63. The number of nitrogens with zero attached hydrogens (tertiary/aromatic N) is 3. The molecule has 0 atom stereocenters. The van der Waals surface area contributed by atoms with Crippen LogP contribution in [0.15, 0.2) is 47.6 Å². The minimum Gasteiger partial charge on any atom is -0.207 e. The van der Waals surface area contributed by atoms with Gasteiger partial charge in [0.15, 0.2) is 0 Å². The van der Waals surface area contributed by atoms with Crippen molar-refractivity contribution in [3.63, 3.8) is 0 Å². The largest absolute Gasteiger partial charge is 0.207 e. The second-order valence-electron chi connectivity index (χ2n) is 3.74. The van der Waals surface area contributed by atoms with Crippen LogP contribution in [-0.2, 0) is 6.54 Å². The molecule has 2 rings (SSSR count). The summed E-state index contributed by atoms with van der Waals surface area (Å²) in [6, 6.07) is 11.7. The smallest absolute Gasteiger partial charge is 0.124 e. The number of azide groups is 1. The van der Waals surface area contributed by atoms with Gasteiger partial charge in [-0.25, -0.2) is 4.39 Å². The number of halogens is 2. The Labute approximate surface area is 108 Å². The van der Waals surface area contributed by atoms with Crippen LogP contribution in [0.4, 0.5) is 4.39 Å². The Morgan fingerprint density at radius 1 is 1.11 bits per heavy atom. The molecule has 0 spiro atoms. The van der Waals surface area contributed by atoms with E-state index in [4.69, 9.17) is 17.1 Å². The lowest BCUT2D eigenvalue weighted by atomic mass is 10.0. The van der Waals surface area contributed by atoms with Gasteiger partial charge in [0.2, 0.25) is 0 Å². The molecule has 0 aromatic heterocycles. The van der Waals surface area contributed by atoms with Gasteiger partial charge < -0.3 is 0 Å². The average molecular weight is 262 g/mol. The van der Waals surface area contributed by atoms with E-state index < -0.39 is 0 Å². The van der Waals surface area contributed by atoms with Crippen molar-refractivity contribution >= 4 is 11.6 Å². The van der Waals surface area contributed by atoms with Crippen LogP contribution in [0.1, 0.15) is 5.56 Å². The SMILES string of the molecule is [N-]=[N+]=NCc1cc(F)cc(-c2ccc(Cl)cc2)c1. The molecule has 0 aliphatic carbocycles. The van der Waals surface area contributed by atoms with Crippen LogP contribution in [0.3, 0.4) is 0 Å². The van der Waals surface area contributed by atoms with Crippen LogP contribution in [0.2, 0.25) is 5.02 Å². The second-order valence-corrected chi connectivity index (χ2v) is 4.18. The lowest BCUT2D eigenvalue weighted by Crippen LogP contribution is -1.87. The molecule has 0 aliphatic rings. The van der Waals surface area contributed by atoms with E-state index in [1.54, 1.807) is 18.2 Å². The monoisotopic (exact) mass is 261 g/mol. The highest BCUT2D eigenvalue weighted by molar-refractivity contribution is 6.30. The molecule has 5 heteroatoms. The third kappa shape index (κ3) is 3.00. The summed E-state index contributed by atoms with van der Waals surface area (Å²) in [5.74, 6) is -0.356. The van der Waals surface area contributed by atoms with Crippen LogP contribution >= 0.6 is 11.6 Å². The lowest BCUT2D eigenvalue weighted by molar-refractivity contribution is 0.626. The van der Waals surface area contributed by atoms with E-state index in [0.29, 0.717) is 10.6 Å². The van der Waals surface area contributed by atoms with Gasteiger partial charge in [0.25, 0.3) is 0 Å². The third-order valence-electron chi connectivity index (χ3n) is 2.45. The van der Waals surface area contributed by atoms with Crippen molar-refractivity contribution in [2.75, 3.05) is 0 Å². The van der Waals surface area contributed by atoms with E-state index in [-0.39, 0.29) is 12.4 Å². The van der Waals surface area contributed by atoms with Crippen LogP contribution in [-0.4, -0.2) is 0 Å². The molecule has 0 N–H and O–H groups in total. The topological polar surface area (TPSA) is 48.8 Å². The van der Waals surface area contributed by atoms with Crippen molar-refractivity contribution in [1.29, 1.82) is 0 Å². The predicted molar refractivity (Wildman–Crippen MR) is 69.7 cm³/mol. The van der Waals surface area contributed by atoms with Gasteiger partial charge in [-0.1, -0.05) is 34.9 Å². The standard InChI is InChI=1S/C13H9ClFN3/c14-12-3-1-10(2-4-12)11-5-9(8-17-18-16)6-13(15)7-11/h1-7H,8H2. The molecular formula is C13H9ClFN3. The molecule has 2 aromatic carbocycles. The molecule has 2 aromatic rings. The van der Waals surface area contributed by atoms with Crippen molar-refractivity contribution < 1.29 is 4.39 Å². The van der Waals surface area contributed by atoms with Crippen molar-refractivity contribution in [2.45, 2.75) is 6.54 Å². The molecule has 90 valence electrons. The first-order chi connectivity index (χ1) is 8.69. The zero-order valence-corrected chi connectivity index (χ0v) is 10.1. The van der Waals surface area contributed by atoms with Gasteiger partial charge in [0.1, 0.15) is 5.82 Å². The number of rotatable bonds is 3. The molecule has 0 unspecified atom stereocenters. The van der Waals surface area contributed by atoms with Crippen molar-refractivity contribution in [3.05, 3.63) is 69.3 Å². The molecule has 0 radical (unpaired) electrons.